The molecule has 0 amide bonds. The highest BCUT2D eigenvalue weighted by Gasteiger charge is 2.27. The maximum Gasteiger partial charge on any atom is 0.352 e. The van der Waals surface area contributed by atoms with E-state index in [1.165, 1.54) is 17.8 Å². The summed E-state index contributed by atoms with van der Waals surface area (Å²) in [5.41, 5.74) is -0.291. The number of nitrogens with one attached hydrogen (secondary N) is 1. The van der Waals surface area contributed by atoms with Gasteiger partial charge >= 0.3 is 5.97 Å². The molecule has 0 spiro atoms. The molecule has 0 fully saturated rings. The fourth-order valence-corrected chi connectivity index (χ4v) is 2.89. The van der Waals surface area contributed by atoms with Gasteiger partial charge in [0.15, 0.2) is 0 Å². The molecule has 0 aliphatic heterocycles. The first-order valence-electron chi connectivity index (χ1n) is 5.87. The van der Waals surface area contributed by atoms with E-state index in [-0.39, 0.29) is 22.0 Å². The summed E-state index contributed by atoms with van der Waals surface area (Å²) >= 11 is 0. The molecular formula is C12H20N2O4S. The molecule has 7 heteroatoms. The van der Waals surface area contributed by atoms with Crippen molar-refractivity contribution in [3.8, 4) is 0 Å². The van der Waals surface area contributed by atoms with Crippen LogP contribution in [-0.2, 0) is 17.1 Å². The molecule has 1 aromatic rings. The molecule has 0 aromatic carbocycles. The third-order valence-electron chi connectivity index (χ3n) is 3.14. The number of sulfonamides is 1. The molecule has 2 N–H and O–H groups in total. The van der Waals surface area contributed by atoms with Crippen molar-refractivity contribution in [2.75, 3.05) is 0 Å². The van der Waals surface area contributed by atoms with Crippen LogP contribution in [-0.4, -0.2) is 30.1 Å². The van der Waals surface area contributed by atoms with Crippen LogP contribution >= 0.6 is 0 Å². The Morgan fingerprint density at radius 1 is 1.42 bits per heavy atom. The summed E-state index contributed by atoms with van der Waals surface area (Å²) in [7, 11) is -2.22. The summed E-state index contributed by atoms with van der Waals surface area (Å²) < 4.78 is 28.2. The smallest absolute Gasteiger partial charge is 0.352 e. The summed E-state index contributed by atoms with van der Waals surface area (Å²) in [6.07, 6.45) is 1.29. The fraction of sp³-hybridized carbons (Fsp3) is 0.583. The van der Waals surface area contributed by atoms with E-state index in [9.17, 15) is 13.2 Å². The molecule has 108 valence electrons. The third-order valence-corrected chi connectivity index (χ3v) is 4.65. The first-order chi connectivity index (χ1) is 8.45. The number of carboxylic acid groups (broad SMARTS) is 1. The normalized spacial score (nSPS) is 14.4. The predicted octanol–water partition coefficient (Wildman–Crippen LogP) is 1.44. The topological polar surface area (TPSA) is 88.4 Å². The summed E-state index contributed by atoms with van der Waals surface area (Å²) in [6.45, 7) is 7.55. The van der Waals surface area contributed by atoms with E-state index in [0.29, 0.717) is 0 Å². The number of carbonyl (C=O) groups is 1. The Labute approximate surface area is 113 Å². The largest absolute Gasteiger partial charge is 0.477 e. The molecule has 1 aromatic heterocycles. The summed E-state index contributed by atoms with van der Waals surface area (Å²) in [6, 6.07) is 0.881. The highest BCUT2D eigenvalue weighted by Crippen LogP contribution is 2.21. The summed E-state index contributed by atoms with van der Waals surface area (Å²) in [5, 5.41) is 8.92. The minimum atomic E-state index is -3.71. The number of rotatable bonds is 4. The molecule has 0 aliphatic carbocycles. The second kappa shape index (κ2) is 4.97. The van der Waals surface area contributed by atoms with E-state index in [2.05, 4.69) is 4.72 Å². The van der Waals surface area contributed by atoms with Crippen LogP contribution in [0.2, 0.25) is 0 Å². The Morgan fingerprint density at radius 3 is 2.32 bits per heavy atom. The third kappa shape index (κ3) is 3.57. The monoisotopic (exact) mass is 288 g/mol. The summed E-state index contributed by atoms with van der Waals surface area (Å²) in [5.74, 6) is -1.16. The van der Waals surface area contributed by atoms with Crippen LogP contribution in [0.3, 0.4) is 0 Å². The molecule has 0 aliphatic rings. The Bertz CT molecular complexity index is 581. The van der Waals surface area contributed by atoms with Crippen LogP contribution in [0, 0.1) is 5.41 Å². The van der Waals surface area contributed by atoms with Gasteiger partial charge in [-0.25, -0.2) is 17.9 Å². The molecule has 1 unspecified atom stereocenters. The average Bonchev–Trinajstić information content (AvgIpc) is 2.58. The number of nitrogens with zero attached hydrogens (tertiary/aromatic N) is 1. The van der Waals surface area contributed by atoms with Gasteiger partial charge in [-0.3, -0.25) is 0 Å². The van der Waals surface area contributed by atoms with E-state index in [1.54, 1.807) is 6.92 Å². The maximum absolute atomic E-state index is 12.2. The molecule has 0 saturated carbocycles. The van der Waals surface area contributed by atoms with Crippen LogP contribution in [0.1, 0.15) is 38.2 Å². The number of hydrogen-bond donors (Lipinski definition) is 2. The number of aromatic carboxylic acids is 1. The van der Waals surface area contributed by atoms with E-state index in [4.69, 9.17) is 5.11 Å². The molecule has 1 rings (SSSR count). The van der Waals surface area contributed by atoms with Crippen molar-refractivity contribution in [1.82, 2.24) is 9.29 Å². The van der Waals surface area contributed by atoms with Gasteiger partial charge < -0.3 is 9.67 Å². The van der Waals surface area contributed by atoms with Gasteiger partial charge in [0.25, 0.3) is 0 Å². The average molecular weight is 288 g/mol. The van der Waals surface area contributed by atoms with E-state index < -0.39 is 16.0 Å². The van der Waals surface area contributed by atoms with E-state index >= 15 is 0 Å². The number of hydrogen-bond acceptors (Lipinski definition) is 3. The van der Waals surface area contributed by atoms with E-state index in [1.807, 2.05) is 20.8 Å². The minimum absolute atomic E-state index is 0.0384. The Kier molecular flexibility index (Phi) is 4.11. The zero-order valence-electron chi connectivity index (χ0n) is 11.8. The van der Waals surface area contributed by atoms with Gasteiger partial charge in [-0.1, -0.05) is 20.8 Å². The van der Waals surface area contributed by atoms with Gasteiger partial charge in [-0.15, -0.1) is 0 Å². The van der Waals surface area contributed by atoms with Crippen molar-refractivity contribution in [1.29, 1.82) is 0 Å². The lowest BCUT2D eigenvalue weighted by atomic mass is 9.89. The first kappa shape index (κ1) is 15.7. The van der Waals surface area contributed by atoms with E-state index in [0.717, 1.165) is 6.07 Å². The van der Waals surface area contributed by atoms with Crippen LogP contribution in [0.4, 0.5) is 0 Å². The first-order valence-corrected chi connectivity index (χ1v) is 7.35. The lowest BCUT2D eigenvalue weighted by molar-refractivity contribution is 0.0686. The van der Waals surface area contributed by atoms with Crippen LogP contribution in [0.25, 0.3) is 0 Å². The lowest BCUT2D eigenvalue weighted by Crippen LogP contribution is -2.41. The molecule has 19 heavy (non-hydrogen) atoms. The van der Waals surface area contributed by atoms with Crippen molar-refractivity contribution in [2.45, 2.75) is 38.6 Å². The van der Waals surface area contributed by atoms with Crippen molar-refractivity contribution in [3.63, 3.8) is 0 Å². The van der Waals surface area contributed by atoms with Crippen LogP contribution in [0.15, 0.2) is 17.2 Å². The quantitative estimate of drug-likeness (QED) is 0.877. The van der Waals surface area contributed by atoms with Crippen molar-refractivity contribution in [2.24, 2.45) is 12.5 Å². The summed E-state index contributed by atoms with van der Waals surface area (Å²) in [4.78, 5) is 10.9. The van der Waals surface area contributed by atoms with Crippen LogP contribution in [0.5, 0.6) is 0 Å². The lowest BCUT2D eigenvalue weighted by Gasteiger charge is -2.27. The molecule has 1 atom stereocenters. The molecular weight excluding hydrogens is 268 g/mol. The Balaban J connectivity index is 3.08. The molecule has 1 heterocycles. The van der Waals surface area contributed by atoms with Crippen molar-refractivity contribution >= 4 is 16.0 Å². The van der Waals surface area contributed by atoms with Gasteiger partial charge in [0.05, 0.1) is 0 Å². The number of carboxylic acids is 1. The predicted molar refractivity (Wildman–Crippen MR) is 71.6 cm³/mol. The van der Waals surface area contributed by atoms with Gasteiger partial charge in [0.1, 0.15) is 10.6 Å². The highest BCUT2D eigenvalue weighted by molar-refractivity contribution is 7.89. The van der Waals surface area contributed by atoms with Gasteiger partial charge in [-0.2, -0.15) is 0 Å². The zero-order valence-corrected chi connectivity index (χ0v) is 12.6. The zero-order chi connectivity index (χ0) is 15.0. The molecule has 6 nitrogen and oxygen atoms in total. The van der Waals surface area contributed by atoms with Gasteiger partial charge in [-0.05, 0) is 18.4 Å². The second-order valence-corrected chi connectivity index (χ2v) is 7.40. The minimum Gasteiger partial charge on any atom is -0.477 e. The molecule has 0 bridgehead atoms. The SMILES string of the molecule is CC(NS(=O)(=O)c1cc(C(=O)O)n(C)c1)C(C)(C)C. The Morgan fingerprint density at radius 2 is 1.95 bits per heavy atom. The van der Waals surface area contributed by atoms with Crippen molar-refractivity contribution < 1.29 is 18.3 Å². The fourth-order valence-electron chi connectivity index (χ4n) is 1.37. The second-order valence-electron chi connectivity index (χ2n) is 5.69. The maximum atomic E-state index is 12.2. The molecule has 0 radical (unpaired) electrons. The van der Waals surface area contributed by atoms with Crippen molar-refractivity contribution in [3.05, 3.63) is 18.0 Å². The number of aryl methyl sites for hydroxylation is 1. The Hall–Kier alpha value is -1.34. The number of aromatic nitrogens is 1. The van der Waals surface area contributed by atoms with Crippen LogP contribution < -0.4 is 4.72 Å². The standard InChI is InChI=1S/C12H20N2O4S/c1-8(12(2,3)4)13-19(17,18)9-6-10(11(15)16)14(5)7-9/h6-8,13H,1-5H3,(H,15,16). The molecule has 0 saturated heterocycles. The van der Waals surface area contributed by atoms with Gasteiger partial charge in [0, 0.05) is 19.3 Å². The highest BCUT2D eigenvalue weighted by atomic mass is 32.2. The van der Waals surface area contributed by atoms with Gasteiger partial charge in [0.2, 0.25) is 10.0 Å².